The molecule has 0 atom stereocenters. The molecule has 0 saturated heterocycles. The van der Waals surface area contributed by atoms with Crippen LogP contribution in [0, 0.1) is 0 Å². The van der Waals surface area contributed by atoms with E-state index in [1.807, 2.05) is 6.92 Å². The fraction of sp³-hybridized carbons (Fsp3) is 1.00. The van der Waals surface area contributed by atoms with Crippen LogP contribution in [0.25, 0.3) is 0 Å². The van der Waals surface area contributed by atoms with Crippen LogP contribution in [0.1, 0.15) is 39.5 Å². The van der Waals surface area contributed by atoms with Crippen molar-refractivity contribution in [3.05, 3.63) is 0 Å². The van der Waals surface area contributed by atoms with Gasteiger partial charge in [0.05, 0.1) is 0 Å². The molecule has 0 saturated carbocycles. The van der Waals surface area contributed by atoms with E-state index in [0.717, 1.165) is 25.7 Å². The van der Waals surface area contributed by atoms with E-state index in [0.29, 0.717) is 6.61 Å². The van der Waals surface area contributed by atoms with Gasteiger partial charge in [0.15, 0.2) is 0 Å². The first-order chi connectivity index (χ1) is 4.83. The Kier molecular flexibility index (Phi) is 37.6. The van der Waals surface area contributed by atoms with Crippen molar-refractivity contribution < 1.29 is 61.6 Å². The maximum Gasteiger partial charge on any atom is 1.00 e. The Balaban J connectivity index is -0.000000107. The molecule has 0 radical (unpaired) electrons. The number of aliphatic hydroxyl groups excluding tert-OH is 1. The van der Waals surface area contributed by atoms with Crippen LogP contribution >= 0.6 is 0 Å². The van der Waals surface area contributed by atoms with Crippen LogP contribution in [0.4, 0.5) is 0 Å². The fourth-order valence-electron chi connectivity index (χ4n) is 0.302. The van der Waals surface area contributed by atoms with Gasteiger partial charge in [-0.05, 0) is 6.42 Å². The molecule has 0 amide bonds. The second-order valence-electron chi connectivity index (χ2n) is 2.13. The number of aliphatic hydroxyl groups is 1. The maximum atomic E-state index is 9.53. The summed E-state index contributed by atoms with van der Waals surface area (Å²) in [6.07, 6.45) is 3.90. The molecule has 0 aromatic heterocycles. The van der Waals surface area contributed by atoms with Gasteiger partial charge in [0.1, 0.15) is 0 Å². The van der Waals surface area contributed by atoms with Gasteiger partial charge in [-0.25, -0.2) is 0 Å². The minimum atomic E-state index is 0. The van der Waals surface area contributed by atoms with Crippen LogP contribution in [0.15, 0.2) is 0 Å². The van der Waals surface area contributed by atoms with Crippen LogP contribution in [0.3, 0.4) is 0 Å². The summed E-state index contributed by atoms with van der Waals surface area (Å²) >= 11 is 0. The van der Waals surface area contributed by atoms with Gasteiger partial charge >= 0.3 is 51.4 Å². The van der Waals surface area contributed by atoms with Crippen molar-refractivity contribution in [1.29, 1.82) is 0 Å². The second-order valence-corrected chi connectivity index (χ2v) is 2.13. The first-order valence-corrected chi connectivity index (χ1v) is 4.02. The van der Waals surface area contributed by atoms with E-state index in [-0.39, 0.29) is 58.0 Å². The summed E-state index contributed by atoms with van der Waals surface area (Å²) in [5.74, 6) is 0. The van der Waals surface area contributed by atoms with Crippen LogP contribution in [-0.4, -0.2) is 18.3 Å². The molecule has 0 fully saturated rings. The SMILES string of the molecule is CCCCO.CCCC[O-].[K+]. The van der Waals surface area contributed by atoms with Crippen LogP contribution in [0.2, 0.25) is 0 Å². The average Bonchev–Trinajstić information content (AvgIpc) is 1.93. The molecule has 0 aliphatic heterocycles. The van der Waals surface area contributed by atoms with Crippen LogP contribution < -0.4 is 56.5 Å². The zero-order valence-corrected chi connectivity index (χ0v) is 11.2. The Morgan fingerprint density at radius 3 is 1.55 bits per heavy atom. The van der Waals surface area contributed by atoms with Crippen LogP contribution in [-0.2, 0) is 0 Å². The van der Waals surface area contributed by atoms with E-state index in [2.05, 4.69) is 6.92 Å². The number of unbranched alkanes of at least 4 members (excludes halogenated alkanes) is 2. The Morgan fingerprint density at radius 1 is 1.09 bits per heavy atom. The Labute approximate surface area is 113 Å². The molecule has 11 heavy (non-hydrogen) atoms. The monoisotopic (exact) mass is 186 g/mol. The summed E-state index contributed by atoms with van der Waals surface area (Å²) in [6, 6.07) is 0. The molecule has 0 rings (SSSR count). The van der Waals surface area contributed by atoms with Crippen molar-refractivity contribution >= 4 is 0 Å². The second kappa shape index (κ2) is 22.6. The predicted molar refractivity (Wildman–Crippen MR) is 41.8 cm³/mol. The largest absolute Gasteiger partial charge is 1.00 e. The Bertz CT molecular complexity index is 33.1. The van der Waals surface area contributed by atoms with E-state index in [1.54, 1.807) is 0 Å². The molecule has 0 heterocycles. The summed E-state index contributed by atoms with van der Waals surface area (Å²) in [6.45, 7) is 4.50. The third-order valence-electron chi connectivity index (χ3n) is 1.01. The molecular weight excluding hydrogens is 167 g/mol. The molecule has 0 aromatic rings. The Hall–Kier alpha value is 1.56. The van der Waals surface area contributed by atoms with Crippen molar-refractivity contribution in [1.82, 2.24) is 0 Å². The summed E-state index contributed by atoms with van der Waals surface area (Å²) in [7, 11) is 0. The average molecular weight is 186 g/mol. The smallest absolute Gasteiger partial charge is 0.854 e. The van der Waals surface area contributed by atoms with E-state index < -0.39 is 0 Å². The van der Waals surface area contributed by atoms with E-state index in [9.17, 15) is 5.11 Å². The summed E-state index contributed by atoms with van der Waals surface area (Å²) in [4.78, 5) is 0. The maximum absolute atomic E-state index is 9.53. The van der Waals surface area contributed by atoms with Gasteiger partial charge in [-0.2, -0.15) is 0 Å². The zero-order valence-electron chi connectivity index (χ0n) is 8.10. The van der Waals surface area contributed by atoms with Gasteiger partial charge in [-0.1, -0.05) is 33.1 Å². The zero-order chi connectivity index (χ0) is 8.24. The first kappa shape index (κ1) is 18.4. The van der Waals surface area contributed by atoms with Gasteiger partial charge < -0.3 is 10.2 Å². The number of hydrogen-bond acceptors (Lipinski definition) is 2. The molecule has 0 aromatic carbocycles. The van der Waals surface area contributed by atoms with Gasteiger partial charge in [-0.15, -0.1) is 6.61 Å². The Morgan fingerprint density at radius 2 is 1.55 bits per heavy atom. The molecule has 0 bridgehead atoms. The van der Waals surface area contributed by atoms with E-state index in [4.69, 9.17) is 5.11 Å². The number of rotatable bonds is 4. The van der Waals surface area contributed by atoms with Crippen molar-refractivity contribution in [2.75, 3.05) is 13.2 Å². The molecule has 0 spiro atoms. The summed E-state index contributed by atoms with van der Waals surface area (Å²) in [5.41, 5.74) is 0. The van der Waals surface area contributed by atoms with Gasteiger partial charge in [0.25, 0.3) is 0 Å². The molecular formula is C8H19KO2. The third-order valence-corrected chi connectivity index (χ3v) is 1.01. The van der Waals surface area contributed by atoms with Gasteiger partial charge in [-0.3, -0.25) is 0 Å². The quantitative estimate of drug-likeness (QED) is 0.513. The topological polar surface area (TPSA) is 43.3 Å². The minimum absolute atomic E-state index is 0. The van der Waals surface area contributed by atoms with Crippen molar-refractivity contribution in [2.24, 2.45) is 0 Å². The molecule has 64 valence electrons. The van der Waals surface area contributed by atoms with Crippen molar-refractivity contribution in [3.63, 3.8) is 0 Å². The van der Waals surface area contributed by atoms with E-state index in [1.165, 1.54) is 0 Å². The predicted octanol–water partition coefficient (Wildman–Crippen LogP) is -2.07. The van der Waals surface area contributed by atoms with Crippen molar-refractivity contribution in [3.8, 4) is 0 Å². The normalized spacial score (nSPS) is 7.64. The van der Waals surface area contributed by atoms with Crippen molar-refractivity contribution in [2.45, 2.75) is 39.5 Å². The fourth-order valence-corrected chi connectivity index (χ4v) is 0.302. The molecule has 2 nitrogen and oxygen atoms in total. The minimum Gasteiger partial charge on any atom is -0.854 e. The third kappa shape index (κ3) is 34.2. The molecule has 0 unspecified atom stereocenters. The van der Waals surface area contributed by atoms with Crippen LogP contribution in [0.5, 0.6) is 0 Å². The molecule has 1 N–H and O–H groups in total. The van der Waals surface area contributed by atoms with E-state index >= 15 is 0 Å². The molecule has 0 aliphatic carbocycles. The van der Waals surface area contributed by atoms with Gasteiger partial charge in [0, 0.05) is 6.61 Å². The number of hydrogen-bond donors (Lipinski definition) is 1. The summed E-state index contributed by atoms with van der Waals surface area (Å²) < 4.78 is 0. The first-order valence-electron chi connectivity index (χ1n) is 4.02. The molecule has 3 heteroatoms. The molecule has 0 aliphatic rings. The summed E-state index contributed by atoms with van der Waals surface area (Å²) in [5, 5.41) is 17.6. The standard InChI is InChI=1S/C4H10O.C4H9O.K/c2*1-2-3-4-5;/h5H,2-4H2,1H3;2-4H2,1H3;/q;-1;+1. The van der Waals surface area contributed by atoms with Gasteiger partial charge in [0.2, 0.25) is 0 Å².